The lowest BCUT2D eigenvalue weighted by Crippen LogP contribution is -2.11. The lowest BCUT2D eigenvalue weighted by Gasteiger charge is -2.14. The second-order valence-corrected chi connectivity index (χ2v) is 5.30. The van der Waals surface area contributed by atoms with Crippen LogP contribution < -0.4 is 5.73 Å². The monoisotopic (exact) mass is 299 g/mol. The van der Waals surface area contributed by atoms with Crippen LogP contribution in [0.2, 0.25) is 15.1 Å². The van der Waals surface area contributed by atoms with Gasteiger partial charge in [-0.25, -0.2) is 0 Å². The lowest BCUT2D eigenvalue weighted by molar-refractivity contribution is 0.597. The largest absolute Gasteiger partial charge is 0.324 e. The Morgan fingerprint density at radius 2 is 1.88 bits per heavy atom. The zero-order chi connectivity index (χ0) is 11.0. The molecule has 0 unspecified atom stereocenters. The molecule has 0 amide bonds. The Labute approximate surface area is 117 Å². The molecule has 1 aliphatic carbocycles. The fraction of sp³-hybridized carbons (Fsp3) is 0.455. The van der Waals surface area contributed by atoms with Crippen molar-refractivity contribution in [3.05, 3.63) is 32.8 Å². The van der Waals surface area contributed by atoms with E-state index in [1.54, 1.807) is 6.07 Å². The smallest absolute Gasteiger partial charge is 0.0641 e. The van der Waals surface area contributed by atoms with Crippen LogP contribution in [0.4, 0.5) is 0 Å². The summed E-state index contributed by atoms with van der Waals surface area (Å²) in [6.45, 7) is 0. The van der Waals surface area contributed by atoms with Gasteiger partial charge in [-0.1, -0.05) is 47.6 Å². The Morgan fingerprint density at radius 1 is 1.25 bits per heavy atom. The second-order valence-electron chi connectivity index (χ2n) is 4.08. The summed E-state index contributed by atoms with van der Waals surface area (Å²) in [6, 6.07) is 3.39. The van der Waals surface area contributed by atoms with Crippen LogP contribution in [0.5, 0.6) is 0 Å². The van der Waals surface area contributed by atoms with Crippen molar-refractivity contribution in [1.82, 2.24) is 0 Å². The number of hydrogen-bond donors (Lipinski definition) is 1. The first-order chi connectivity index (χ1) is 7.08. The molecule has 2 rings (SSSR count). The standard InChI is InChI=1S/C11H12Cl3N.ClH/c12-7-4-8(11(14)9(13)5-7)10(15)3-6-1-2-6;/h4-6,10H,1-3,15H2;1H/t10-;/m1./s1. The van der Waals surface area contributed by atoms with E-state index in [1.165, 1.54) is 12.8 Å². The molecule has 2 N–H and O–H groups in total. The van der Waals surface area contributed by atoms with Gasteiger partial charge in [-0.05, 0) is 30.0 Å². The van der Waals surface area contributed by atoms with Gasteiger partial charge in [-0.15, -0.1) is 12.4 Å². The van der Waals surface area contributed by atoms with Gasteiger partial charge in [0.1, 0.15) is 0 Å². The molecule has 0 bridgehead atoms. The van der Waals surface area contributed by atoms with E-state index >= 15 is 0 Å². The summed E-state index contributed by atoms with van der Waals surface area (Å²) in [5.41, 5.74) is 6.93. The number of rotatable bonds is 3. The third-order valence-corrected chi connectivity index (χ3v) is 3.74. The van der Waals surface area contributed by atoms with Gasteiger partial charge in [0.15, 0.2) is 0 Å². The van der Waals surface area contributed by atoms with Crippen molar-refractivity contribution in [2.75, 3.05) is 0 Å². The normalized spacial score (nSPS) is 16.8. The van der Waals surface area contributed by atoms with Crippen LogP contribution in [0.15, 0.2) is 12.1 Å². The van der Waals surface area contributed by atoms with Gasteiger partial charge < -0.3 is 5.73 Å². The molecule has 1 atom stereocenters. The minimum absolute atomic E-state index is 0. The molecule has 0 aromatic heterocycles. The molecule has 0 saturated heterocycles. The van der Waals surface area contributed by atoms with Crippen molar-refractivity contribution < 1.29 is 0 Å². The van der Waals surface area contributed by atoms with E-state index in [2.05, 4.69) is 0 Å². The highest BCUT2D eigenvalue weighted by Crippen LogP contribution is 2.40. The van der Waals surface area contributed by atoms with Crippen molar-refractivity contribution in [3.63, 3.8) is 0 Å². The number of nitrogens with two attached hydrogens (primary N) is 1. The maximum atomic E-state index is 6.09. The molecular weight excluding hydrogens is 288 g/mol. The highest BCUT2D eigenvalue weighted by molar-refractivity contribution is 6.43. The predicted molar refractivity (Wildman–Crippen MR) is 73.0 cm³/mol. The molecule has 1 aromatic rings. The third-order valence-electron chi connectivity index (χ3n) is 2.70. The quantitative estimate of drug-likeness (QED) is 0.792. The summed E-state index contributed by atoms with van der Waals surface area (Å²) in [5.74, 6) is 0.758. The van der Waals surface area contributed by atoms with E-state index in [9.17, 15) is 0 Å². The zero-order valence-corrected chi connectivity index (χ0v) is 11.6. The predicted octanol–water partition coefficient (Wildman–Crippen LogP) is 4.87. The Balaban J connectivity index is 0.00000128. The third kappa shape index (κ3) is 3.41. The lowest BCUT2D eigenvalue weighted by atomic mass is 10.0. The Morgan fingerprint density at radius 3 is 2.44 bits per heavy atom. The Kier molecular flexibility index (Phi) is 5.21. The molecule has 0 heterocycles. The molecule has 1 fully saturated rings. The Hall–Kier alpha value is 0.340. The van der Waals surface area contributed by atoms with E-state index in [4.69, 9.17) is 40.5 Å². The number of hydrogen-bond acceptors (Lipinski definition) is 1. The molecular formula is C11H13Cl4N. The first-order valence-electron chi connectivity index (χ1n) is 4.98. The first kappa shape index (κ1) is 14.4. The average Bonchev–Trinajstić information content (AvgIpc) is 2.94. The van der Waals surface area contributed by atoms with Crippen LogP contribution in [-0.2, 0) is 0 Å². The SMILES string of the molecule is Cl.N[C@H](CC1CC1)c1cc(Cl)cc(Cl)c1Cl. The van der Waals surface area contributed by atoms with Gasteiger partial charge in [-0.3, -0.25) is 0 Å². The van der Waals surface area contributed by atoms with Crippen LogP contribution in [0, 0.1) is 5.92 Å². The molecule has 0 spiro atoms. The molecule has 16 heavy (non-hydrogen) atoms. The minimum Gasteiger partial charge on any atom is -0.324 e. The summed E-state index contributed by atoms with van der Waals surface area (Å²) >= 11 is 18.0. The minimum atomic E-state index is -0.0544. The maximum Gasteiger partial charge on any atom is 0.0641 e. The fourth-order valence-electron chi connectivity index (χ4n) is 1.69. The van der Waals surface area contributed by atoms with E-state index in [0.29, 0.717) is 15.1 Å². The van der Waals surface area contributed by atoms with Crippen molar-refractivity contribution >= 4 is 47.2 Å². The average molecular weight is 301 g/mol. The molecule has 90 valence electrons. The van der Waals surface area contributed by atoms with Crippen LogP contribution in [0.3, 0.4) is 0 Å². The summed E-state index contributed by atoms with van der Waals surface area (Å²) in [5, 5.41) is 1.60. The van der Waals surface area contributed by atoms with Crippen LogP contribution in [-0.4, -0.2) is 0 Å². The molecule has 5 heteroatoms. The van der Waals surface area contributed by atoms with Crippen LogP contribution in [0.25, 0.3) is 0 Å². The highest BCUT2D eigenvalue weighted by Gasteiger charge is 2.25. The first-order valence-corrected chi connectivity index (χ1v) is 6.11. The molecule has 1 saturated carbocycles. The molecule has 1 aromatic carbocycles. The van der Waals surface area contributed by atoms with Crippen LogP contribution >= 0.6 is 47.2 Å². The summed E-state index contributed by atoms with van der Waals surface area (Å²) in [6.07, 6.45) is 3.52. The van der Waals surface area contributed by atoms with Gasteiger partial charge in [0.2, 0.25) is 0 Å². The van der Waals surface area contributed by atoms with Crippen LogP contribution in [0.1, 0.15) is 30.9 Å². The van der Waals surface area contributed by atoms with E-state index in [-0.39, 0.29) is 18.4 Å². The Bertz CT molecular complexity index is 376. The van der Waals surface area contributed by atoms with Gasteiger partial charge in [0, 0.05) is 11.1 Å². The topological polar surface area (TPSA) is 26.0 Å². The second kappa shape index (κ2) is 5.79. The highest BCUT2D eigenvalue weighted by atomic mass is 35.5. The maximum absolute atomic E-state index is 6.09. The number of benzene rings is 1. The van der Waals surface area contributed by atoms with Crippen molar-refractivity contribution in [1.29, 1.82) is 0 Å². The van der Waals surface area contributed by atoms with E-state index in [1.807, 2.05) is 6.07 Å². The molecule has 1 nitrogen and oxygen atoms in total. The zero-order valence-electron chi connectivity index (χ0n) is 8.55. The van der Waals surface area contributed by atoms with E-state index < -0.39 is 0 Å². The van der Waals surface area contributed by atoms with Gasteiger partial charge >= 0.3 is 0 Å². The summed E-state index contributed by atoms with van der Waals surface area (Å²) < 4.78 is 0. The van der Waals surface area contributed by atoms with Gasteiger partial charge in [0.25, 0.3) is 0 Å². The molecule has 0 radical (unpaired) electrons. The van der Waals surface area contributed by atoms with Crippen molar-refractivity contribution in [2.45, 2.75) is 25.3 Å². The summed E-state index contributed by atoms with van der Waals surface area (Å²) in [7, 11) is 0. The fourth-order valence-corrected chi connectivity index (χ4v) is 2.44. The van der Waals surface area contributed by atoms with E-state index in [0.717, 1.165) is 17.9 Å². The van der Waals surface area contributed by atoms with Gasteiger partial charge in [-0.2, -0.15) is 0 Å². The van der Waals surface area contributed by atoms with Gasteiger partial charge in [0.05, 0.1) is 10.0 Å². The number of halogens is 4. The summed E-state index contributed by atoms with van der Waals surface area (Å²) in [4.78, 5) is 0. The molecule has 1 aliphatic rings. The molecule has 0 aliphatic heterocycles. The van der Waals surface area contributed by atoms with Crippen molar-refractivity contribution in [3.8, 4) is 0 Å². The van der Waals surface area contributed by atoms with Crippen molar-refractivity contribution in [2.24, 2.45) is 11.7 Å².